The molecule has 6 nitrogen and oxygen atoms in total. The zero-order valence-electron chi connectivity index (χ0n) is 15.1. The highest BCUT2D eigenvalue weighted by Crippen LogP contribution is 2.26. The van der Waals surface area contributed by atoms with Crippen molar-refractivity contribution in [3.8, 4) is 17.2 Å². The van der Waals surface area contributed by atoms with E-state index < -0.39 is 0 Å². The van der Waals surface area contributed by atoms with Gasteiger partial charge in [0, 0.05) is 11.6 Å². The topological polar surface area (TPSA) is 69.2 Å². The van der Waals surface area contributed by atoms with E-state index in [0.717, 1.165) is 16.3 Å². The van der Waals surface area contributed by atoms with Crippen LogP contribution in [0.25, 0.3) is 10.8 Å². The minimum absolute atomic E-state index is 0.156. The van der Waals surface area contributed by atoms with Crippen molar-refractivity contribution >= 4 is 22.9 Å². The van der Waals surface area contributed by atoms with Gasteiger partial charge in [0.1, 0.15) is 17.2 Å². The summed E-state index contributed by atoms with van der Waals surface area (Å²) in [6, 6.07) is 18.8. The number of rotatable bonds is 7. The quantitative estimate of drug-likeness (QED) is 0.515. The molecule has 27 heavy (non-hydrogen) atoms. The molecule has 1 N–H and O–H groups in total. The lowest BCUT2D eigenvalue weighted by Crippen LogP contribution is -2.24. The Balaban J connectivity index is 1.65. The molecule has 138 valence electrons. The third-order valence-electron chi connectivity index (χ3n) is 3.94. The number of hydrazone groups is 1. The number of amides is 1. The number of methoxy groups -OCH3 is 2. The van der Waals surface area contributed by atoms with E-state index in [4.69, 9.17) is 14.2 Å². The Morgan fingerprint density at radius 1 is 1.00 bits per heavy atom. The molecule has 0 spiro atoms. The lowest BCUT2D eigenvalue weighted by Gasteiger charge is -2.09. The first-order valence-electron chi connectivity index (χ1n) is 8.36. The average molecular weight is 364 g/mol. The molecule has 0 aromatic heterocycles. The number of hydrogen-bond donors (Lipinski definition) is 1. The normalized spacial score (nSPS) is 10.7. The van der Waals surface area contributed by atoms with Crippen molar-refractivity contribution in [3.05, 3.63) is 66.2 Å². The second kappa shape index (κ2) is 8.71. The van der Waals surface area contributed by atoms with E-state index in [1.165, 1.54) is 0 Å². The third-order valence-corrected chi connectivity index (χ3v) is 3.94. The minimum atomic E-state index is -0.367. The molecule has 0 saturated heterocycles. The molecule has 1 amide bonds. The van der Waals surface area contributed by atoms with Gasteiger partial charge < -0.3 is 14.2 Å². The number of nitrogens with zero attached hydrogens (tertiary/aromatic N) is 1. The number of ether oxygens (including phenoxy) is 3. The molecule has 3 aromatic rings. The van der Waals surface area contributed by atoms with Gasteiger partial charge in [0.25, 0.3) is 5.91 Å². The summed E-state index contributed by atoms with van der Waals surface area (Å²) in [5.41, 5.74) is 3.26. The van der Waals surface area contributed by atoms with Gasteiger partial charge in [-0.05, 0) is 29.0 Å². The van der Waals surface area contributed by atoms with Crippen molar-refractivity contribution in [1.29, 1.82) is 0 Å². The fraction of sp³-hybridized carbons (Fsp3) is 0.143. The van der Waals surface area contributed by atoms with Gasteiger partial charge in [0.05, 0.1) is 20.4 Å². The highest BCUT2D eigenvalue weighted by molar-refractivity contribution is 6.02. The lowest BCUT2D eigenvalue weighted by atomic mass is 10.0. The molecule has 0 heterocycles. The van der Waals surface area contributed by atoms with Gasteiger partial charge in [-0.1, -0.05) is 36.4 Å². The van der Waals surface area contributed by atoms with Gasteiger partial charge in [-0.3, -0.25) is 4.79 Å². The molecule has 0 radical (unpaired) electrons. The van der Waals surface area contributed by atoms with Crippen LogP contribution in [-0.4, -0.2) is 32.9 Å². The van der Waals surface area contributed by atoms with Crippen molar-refractivity contribution in [2.75, 3.05) is 20.8 Å². The molecule has 0 atom stereocenters. The van der Waals surface area contributed by atoms with Crippen LogP contribution in [0.5, 0.6) is 17.2 Å². The minimum Gasteiger partial charge on any atom is -0.497 e. The molecule has 0 aliphatic carbocycles. The van der Waals surface area contributed by atoms with E-state index in [1.54, 1.807) is 44.7 Å². The van der Waals surface area contributed by atoms with E-state index in [2.05, 4.69) is 10.5 Å². The molecule has 3 rings (SSSR count). The van der Waals surface area contributed by atoms with E-state index in [9.17, 15) is 4.79 Å². The Hall–Kier alpha value is -3.54. The fourth-order valence-corrected chi connectivity index (χ4v) is 2.63. The second-order valence-electron chi connectivity index (χ2n) is 5.66. The van der Waals surface area contributed by atoms with Crippen LogP contribution >= 0.6 is 0 Å². The highest BCUT2D eigenvalue weighted by atomic mass is 16.5. The zero-order chi connectivity index (χ0) is 19.1. The van der Waals surface area contributed by atoms with Crippen LogP contribution in [0, 0.1) is 0 Å². The SMILES string of the molecule is COc1cccc(OCC(=O)N/N=C/c2c(OC)ccc3ccccc23)c1. The molecule has 3 aromatic carbocycles. The summed E-state index contributed by atoms with van der Waals surface area (Å²) in [6.45, 7) is -0.156. The molecule has 0 aliphatic heterocycles. The Morgan fingerprint density at radius 2 is 1.81 bits per heavy atom. The van der Waals surface area contributed by atoms with Crippen LogP contribution in [0.3, 0.4) is 0 Å². The van der Waals surface area contributed by atoms with Gasteiger partial charge >= 0.3 is 0 Å². The second-order valence-corrected chi connectivity index (χ2v) is 5.66. The van der Waals surface area contributed by atoms with E-state index in [-0.39, 0.29) is 12.5 Å². The van der Waals surface area contributed by atoms with E-state index in [1.807, 2.05) is 36.4 Å². The summed E-state index contributed by atoms with van der Waals surface area (Å²) in [6.07, 6.45) is 1.57. The van der Waals surface area contributed by atoms with Crippen LogP contribution < -0.4 is 19.6 Å². The van der Waals surface area contributed by atoms with Gasteiger partial charge in [-0.2, -0.15) is 5.10 Å². The molecular weight excluding hydrogens is 344 g/mol. The fourth-order valence-electron chi connectivity index (χ4n) is 2.63. The number of carbonyl (C=O) groups excluding carboxylic acids is 1. The monoisotopic (exact) mass is 364 g/mol. The number of hydrogen-bond acceptors (Lipinski definition) is 5. The Morgan fingerprint density at radius 3 is 2.63 bits per heavy atom. The summed E-state index contributed by atoms with van der Waals surface area (Å²) in [5.74, 6) is 1.52. The van der Waals surface area contributed by atoms with Crippen LogP contribution in [0.1, 0.15) is 5.56 Å². The Bertz CT molecular complexity index is 969. The van der Waals surface area contributed by atoms with Crippen LogP contribution in [0.4, 0.5) is 0 Å². The number of carbonyl (C=O) groups is 1. The highest BCUT2D eigenvalue weighted by Gasteiger charge is 2.07. The van der Waals surface area contributed by atoms with Gasteiger partial charge in [0.15, 0.2) is 6.61 Å². The Labute approximate surface area is 157 Å². The van der Waals surface area contributed by atoms with Gasteiger partial charge in [-0.15, -0.1) is 0 Å². The molecule has 0 saturated carbocycles. The maximum atomic E-state index is 12.0. The predicted molar refractivity (Wildman–Crippen MR) is 105 cm³/mol. The number of nitrogens with one attached hydrogen (secondary N) is 1. The Kier molecular flexibility index (Phi) is 5.89. The van der Waals surface area contributed by atoms with Crippen LogP contribution in [0.15, 0.2) is 65.8 Å². The van der Waals surface area contributed by atoms with Crippen molar-refractivity contribution in [1.82, 2.24) is 5.43 Å². The van der Waals surface area contributed by atoms with Crippen LogP contribution in [-0.2, 0) is 4.79 Å². The third kappa shape index (κ3) is 4.55. The van der Waals surface area contributed by atoms with Crippen molar-refractivity contribution in [2.24, 2.45) is 5.10 Å². The van der Waals surface area contributed by atoms with Crippen LogP contribution in [0.2, 0.25) is 0 Å². The largest absolute Gasteiger partial charge is 0.497 e. The first-order valence-corrected chi connectivity index (χ1v) is 8.36. The lowest BCUT2D eigenvalue weighted by molar-refractivity contribution is -0.123. The maximum Gasteiger partial charge on any atom is 0.277 e. The molecule has 0 aliphatic rings. The summed E-state index contributed by atoms with van der Waals surface area (Å²) in [5, 5.41) is 6.09. The summed E-state index contributed by atoms with van der Waals surface area (Å²) < 4.78 is 16.0. The molecular formula is C21H20N2O4. The summed E-state index contributed by atoms with van der Waals surface area (Å²) in [4.78, 5) is 12.0. The van der Waals surface area contributed by atoms with Crippen molar-refractivity contribution in [3.63, 3.8) is 0 Å². The first kappa shape index (κ1) is 18.3. The smallest absolute Gasteiger partial charge is 0.277 e. The average Bonchev–Trinajstić information content (AvgIpc) is 2.72. The van der Waals surface area contributed by atoms with Gasteiger partial charge in [0.2, 0.25) is 0 Å². The standard InChI is InChI=1S/C21H20N2O4/c1-25-16-7-5-8-17(12-16)27-14-21(24)23-22-13-19-18-9-4-3-6-15(18)10-11-20(19)26-2/h3-13H,14H2,1-2H3,(H,23,24)/b22-13+. The summed E-state index contributed by atoms with van der Waals surface area (Å²) in [7, 11) is 3.17. The molecule has 6 heteroatoms. The first-order chi connectivity index (χ1) is 13.2. The number of benzene rings is 3. The number of fused-ring (bicyclic) bond motifs is 1. The molecule has 0 fully saturated rings. The van der Waals surface area contributed by atoms with E-state index >= 15 is 0 Å². The maximum absolute atomic E-state index is 12.0. The summed E-state index contributed by atoms with van der Waals surface area (Å²) >= 11 is 0. The van der Waals surface area contributed by atoms with E-state index in [0.29, 0.717) is 17.2 Å². The zero-order valence-corrected chi connectivity index (χ0v) is 15.1. The molecule has 0 unspecified atom stereocenters. The van der Waals surface area contributed by atoms with Gasteiger partial charge in [-0.25, -0.2) is 5.43 Å². The van der Waals surface area contributed by atoms with Crippen molar-refractivity contribution < 1.29 is 19.0 Å². The predicted octanol–water partition coefficient (Wildman–Crippen LogP) is 3.39. The van der Waals surface area contributed by atoms with Crippen molar-refractivity contribution in [2.45, 2.75) is 0 Å². The molecule has 0 bridgehead atoms.